The Morgan fingerprint density at radius 2 is 1.83 bits per heavy atom. The van der Waals surface area contributed by atoms with Crippen molar-refractivity contribution < 1.29 is 13.9 Å². The average Bonchev–Trinajstić information content (AvgIpc) is 3.74. The summed E-state index contributed by atoms with van der Waals surface area (Å²) >= 11 is 1.65. The number of fused-ring (bicyclic) bond motifs is 2. The Bertz CT molecular complexity index is 1830. The molecule has 0 bridgehead atoms. The van der Waals surface area contributed by atoms with Gasteiger partial charge in [0.25, 0.3) is 0 Å². The number of piperazine rings is 1. The molecule has 0 saturated carbocycles. The minimum atomic E-state index is 0.337. The van der Waals surface area contributed by atoms with E-state index in [1.54, 1.807) is 23.0 Å². The molecule has 0 radical (unpaired) electrons. The van der Waals surface area contributed by atoms with Crippen LogP contribution in [0.3, 0.4) is 0 Å². The van der Waals surface area contributed by atoms with Gasteiger partial charge in [0, 0.05) is 49.9 Å². The zero-order valence-electron chi connectivity index (χ0n) is 23.1. The number of hydrogen-bond acceptors (Lipinski definition) is 10. The van der Waals surface area contributed by atoms with Gasteiger partial charge < -0.3 is 23.7 Å². The lowest BCUT2D eigenvalue weighted by Crippen LogP contribution is -2.46. The molecule has 1 aliphatic rings. The van der Waals surface area contributed by atoms with Gasteiger partial charge in [-0.05, 0) is 43.7 Å². The van der Waals surface area contributed by atoms with E-state index >= 15 is 0 Å². The largest absolute Gasteiger partial charge is 0.496 e. The van der Waals surface area contributed by atoms with Gasteiger partial charge in [-0.2, -0.15) is 5.10 Å². The standard InChI is InChI=1S/C30H29N7O3S/c1-19-4-6-28(31-15-19)35-8-10-36(11-9-35)30-32-21(18-41-30)17-39-25-12-22(38-3)13-26-23(25)14-27(40-26)24-16-37-29(33-24)7-5-20(2)34-37/h4-7,12-16,18H,8-11,17H2,1-3H3. The second-order valence-corrected chi connectivity index (χ2v) is 11.0. The Hall–Kier alpha value is -4.64. The molecular weight excluding hydrogens is 538 g/mol. The highest BCUT2D eigenvalue weighted by molar-refractivity contribution is 7.13. The SMILES string of the molecule is COc1cc(OCc2csc(N3CCN(c4ccc(C)cn4)CC3)n2)c2cc(-c3cn4nc(C)ccc4n3)oc2c1. The van der Waals surface area contributed by atoms with E-state index in [9.17, 15) is 0 Å². The number of ether oxygens (including phenoxy) is 2. The predicted molar refractivity (Wildman–Crippen MR) is 159 cm³/mol. The van der Waals surface area contributed by atoms with Gasteiger partial charge in [-0.3, -0.25) is 0 Å². The van der Waals surface area contributed by atoms with Crippen LogP contribution in [0.5, 0.6) is 11.5 Å². The van der Waals surface area contributed by atoms with Crippen molar-refractivity contribution >= 4 is 38.9 Å². The summed E-state index contributed by atoms with van der Waals surface area (Å²) in [6, 6.07) is 13.8. The van der Waals surface area contributed by atoms with Crippen molar-refractivity contribution in [1.29, 1.82) is 0 Å². The number of hydrogen-bond donors (Lipinski definition) is 0. The number of aromatic nitrogens is 5. The molecule has 1 fully saturated rings. The Labute approximate surface area is 240 Å². The third-order valence-electron chi connectivity index (χ3n) is 7.20. The number of benzene rings is 1. The van der Waals surface area contributed by atoms with Crippen molar-refractivity contribution in [2.24, 2.45) is 0 Å². The van der Waals surface area contributed by atoms with Crippen molar-refractivity contribution in [1.82, 2.24) is 24.6 Å². The molecule has 10 nitrogen and oxygen atoms in total. The zero-order valence-corrected chi connectivity index (χ0v) is 23.9. The summed E-state index contributed by atoms with van der Waals surface area (Å²) < 4.78 is 19.8. The summed E-state index contributed by atoms with van der Waals surface area (Å²) in [5.74, 6) is 2.99. The molecule has 1 aromatic carbocycles. The van der Waals surface area contributed by atoms with E-state index in [4.69, 9.17) is 18.9 Å². The van der Waals surface area contributed by atoms with Crippen LogP contribution in [0.2, 0.25) is 0 Å². The number of aryl methyl sites for hydroxylation is 2. The average molecular weight is 568 g/mol. The highest BCUT2D eigenvalue weighted by Gasteiger charge is 2.21. The topological polar surface area (TPSA) is 94.1 Å². The first kappa shape index (κ1) is 25.3. The molecule has 5 aromatic heterocycles. The van der Waals surface area contributed by atoms with Crippen molar-refractivity contribution in [3.8, 4) is 23.0 Å². The van der Waals surface area contributed by atoms with Gasteiger partial charge in [-0.1, -0.05) is 6.07 Å². The smallest absolute Gasteiger partial charge is 0.185 e. The molecular formula is C30H29N7O3S. The lowest BCUT2D eigenvalue weighted by atomic mass is 10.2. The monoisotopic (exact) mass is 567 g/mol. The van der Waals surface area contributed by atoms with Gasteiger partial charge in [-0.15, -0.1) is 11.3 Å². The fourth-order valence-electron chi connectivity index (χ4n) is 4.98. The van der Waals surface area contributed by atoms with E-state index in [-0.39, 0.29) is 0 Å². The number of rotatable bonds is 7. The summed E-state index contributed by atoms with van der Waals surface area (Å²) in [5.41, 5.74) is 5.09. The summed E-state index contributed by atoms with van der Waals surface area (Å²) in [6.45, 7) is 7.97. The van der Waals surface area contributed by atoms with Crippen LogP contribution >= 0.6 is 11.3 Å². The van der Waals surface area contributed by atoms with Crippen molar-refractivity contribution in [3.05, 3.63) is 77.2 Å². The highest BCUT2D eigenvalue weighted by Crippen LogP contribution is 2.37. The molecule has 1 aliphatic heterocycles. The summed E-state index contributed by atoms with van der Waals surface area (Å²) in [4.78, 5) is 18.8. The minimum absolute atomic E-state index is 0.337. The van der Waals surface area contributed by atoms with E-state index in [0.29, 0.717) is 35.1 Å². The maximum absolute atomic E-state index is 6.29. The second kappa shape index (κ2) is 10.4. The number of furan rings is 1. The highest BCUT2D eigenvalue weighted by atomic mass is 32.1. The molecule has 7 rings (SSSR count). The van der Waals surface area contributed by atoms with Crippen molar-refractivity contribution in [2.75, 3.05) is 43.1 Å². The molecule has 0 unspecified atom stereocenters. The molecule has 1 saturated heterocycles. The number of anilines is 2. The molecule has 0 N–H and O–H groups in total. The minimum Gasteiger partial charge on any atom is -0.496 e. The fourth-order valence-corrected chi connectivity index (χ4v) is 5.84. The van der Waals surface area contributed by atoms with Gasteiger partial charge in [0.15, 0.2) is 16.5 Å². The van der Waals surface area contributed by atoms with Crippen molar-refractivity contribution in [3.63, 3.8) is 0 Å². The van der Waals surface area contributed by atoms with Crippen LogP contribution in [0.15, 0.2) is 64.7 Å². The predicted octanol–water partition coefficient (Wildman–Crippen LogP) is 5.53. The summed E-state index contributed by atoms with van der Waals surface area (Å²) in [5, 5.41) is 8.41. The number of imidazole rings is 1. The van der Waals surface area contributed by atoms with Crippen LogP contribution < -0.4 is 19.3 Å². The number of methoxy groups -OCH3 is 1. The fraction of sp³-hybridized carbons (Fsp3) is 0.267. The molecule has 6 heterocycles. The molecule has 6 aromatic rings. The molecule has 0 amide bonds. The van der Waals surface area contributed by atoms with Crippen LogP contribution in [-0.4, -0.2) is 57.9 Å². The number of nitrogens with zero attached hydrogens (tertiary/aromatic N) is 7. The van der Waals surface area contributed by atoms with E-state index in [0.717, 1.165) is 59.5 Å². The third kappa shape index (κ3) is 5.04. The Morgan fingerprint density at radius 3 is 2.63 bits per heavy atom. The Morgan fingerprint density at radius 1 is 0.976 bits per heavy atom. The van der Waals surface area contributed by atoms with E-state index < -0.39 is 0 Å². The van der Waals surface area contributed by atoms with Crippen molar-refractivity contribution in [2.45, 2.75) is 20.5 Å². The Balaban J connectivity index is 1.06. The number of pyridine rings is 1. The maximum atomic E-state index is 6.29. The Kier molecular flexibility index (Phi) is 6.43. The summed E-state index contributed by atoms with van der Waals surface area (Å²) in [6.07, 6.45) is 3.79. The molecule has 41 heavy (non-hydrogen) atoms. The second-order valence-electron chi connectivity index (χ2n) is 10.1. The first-order valence-corrected chi connectivity index (χ1v) is 14.3. The maximum Gasteiger partial charge on any atom is 0.185 e. The third-order valence-corrected chi connectivity index (χ3v) is 8.15. The van der Waals surface area contributed by atoms with Crippen LogP contribution in [-0.2, 0) is 6.61 Å². The summed E-state index contributed by atoms with van der Waals surface area (Å²) in [7, 11) is 1.63. The first-order valence-electron chi connectivity index (χ1n) is 13.5. The van der Waals surface area contributed by atoms with Gasteiger partial charge in [0.1, 0.15) is 35.2 Å². The lowest BCUT2D eigenvalue weighted by Gasteiger charge is -2.35. The van der Waals surface area contributed by atoms with Gasteiger partial charge in [-0.25, -0.2) is 19.5 Å². The van der Waals surface area contributed by atoms with E-state index in [2.05, 4.69) is 49.3 Å². The molecule has 0 atom stereocenters. The molecule has 0 spiro atoms. The molecule has 11 heteroatoms. The quantitative estimate of drug-likeness (QED) is 0.247. The van der Waals surface area contributed by atoms with Crippen LogP contribution in [0.1, 0.15) is 17.0 Å². The van der Waals surface area contributed by atoms with Crippen LogP contribution in [0.4, 0.5) is 10.9 Å². The molecule has 0 aliphatic carbocycles. The van der Waals surface area contributed by atoms with Crippen LogP contribution in [0.25, 0.3) is 28.1 Å². The van der Waals surface area contributed by atoms with Gasteiger partial charge >= 0.3 is 0 Å². The van der Waals surface area contributed by atoms with Gasteiger partial charge in [0.05, 0.1) is 30.1 Å². The molecule has 208 valence electrons. The lowest BCUT2D eigenvalue weighted by molar-refractivity contribution is 0.303. The van der Waals surface area contributed by atoms with Gasteiger partial charge in [0.2, 0.25) is 0 Å². The zero-order chi connectivity index (χ0) is 27.9. The first-order chi connectivity index (χ1) is 20.0. The van der Waals surface area contributed by atoms with Crippen LogP contribution in [0, 0.1) is 13.8 Å². The van der Waals surface area contributed by atoms with E-state index in [1.165, 1.54) is 5.56 Å². The normalized spacial score (nSPS) is 13.8. The number of thiazole rings is 1. The van der Waals surface area contributed by atoms with E-state index in [1.807, 2.05) is 49.6 Å².